The van der Waals surface area contributed by atoms with Crippen LogP contribution in [0, 0.1) is 11.3 Å². The van der Waals surface area contributed by atoms with Crippen molar-refractivity contribution in [1.29, 1.82) is 0 Å². The molecule has 0 aliphatic carbocycles. The Morgan fingerprint density at radius 3 is 2.40 bits per heavy atom. The van der Waals surface area contributed by atoms with E-state index in [0.29, 0.717) is 12.5 Å². The molecular weight excluding hydrogens is 314 g/mol. The van der Waals surface area contributed by atoms with Crippen molar-refractivity contribution in [3.63, 3.8) is 0 Å². The highest BCUT2D eigenvalue weighted by atomic mass is 79.9. The van der Waals surface area contributed by atoms with Gasteiger partial charge in [0.05, 0.1) is 5.92 Å². The van der Waals surface area contributed by atoms with Crippen LogP contribution in [0.2, 0.25) is 0 Å². The molecule has 112 valence electrons. The standard InChI is InChI=1S/C17H26BrNO/c1-5-13(2)15(14-9-7-6-8-10-14)16(20)19-12-17(3,4)11-18/h6-10,13,15H,5,11-12H2,1-4H3,(H,19,20). The third-order valence-corrected chi connectivity index (χ3v) is 5.28. The van der Waals surface area contributed by atoms with Gasteiger partial charge in [-0.3, -0.25) is 4.79 Å². The van der Waals surface area contributed by atoms with Gasteiger partial charge in [-0.05, 0) is 16.9 Å². The Labute approximate surface area is 131 Å². The number of carbonyl (C=O) groups excluding carboxylic acids is 1. The zero-order valence-electron chi connectivity index (χ0n) is 12.9. The van der Waals surface area contributed by atoms with Crippen molar-refractivity contribution in [2.45, 2.75) is 40.0 Å². The molecule has 0 saturated heterocycles. The molecule has 1 rings (SSSR count). The summed E-state index contributed by atoms with van der Waals surface area (Å²) in [4.78, 5) is 12.6. The molecule has 0 saturated carbocycles. The van der Waals surface area contributed by atoms with E-state index in [4.69, 9.17) is 0 Å². The van der Waals surface area contributed by atoms with Crippen LogP contribution in [0.1, 0.15) is 45.6 Å². The lowest BCUT2D eigenvalue weighted by molar-refractivity contribution is -0.124. The molecule has 0 heterocycles. The van der Waals surface area contributed by atoms with E-state index in [0.717, 1.165) is 17.3 Å². The molecule has 20 heavy (non-hydrogen) atoms. The van der Waals surface area contributed by atoms with Crippen molar-refractivity contribution in [3.05, 3.63) is 35.9 Å². The fraction of sp³-hybridized carbons (Fsp3) is 0.588. The van der Waals surface area contributed by atoms with Crippen LogP contribution < -0.4 is 5.32 Å². The third-order valence-electron chi connectivity index (χ3n) is 3.76. The summed E-state index contributed by atoms with van der Waals surface area (Å²) in [6.45, 7) is 9.26. The molecule has 3 heteroatoms. The fourth-order valence-corrected chi connectivity index (χ4v) is 2.32. The molecule has 0 spiro atoms. The maximum Gasteiger partial charge on any atom is 0.227 e. The number of hydrogen-bond acceptors (Lipinski definition) is 1. The van der Waals surface area contributed by atoms with Crippen LogP contribution in [0.4, 0.5) is 0 Å². The van der Waals surface area contributed by atoms with Gasteiger partial charge < -0.3 is 5.32 Å². The monoisotopic (exact) mass is 339 g/mol. The van der Waals surface area contributed by atoms with E-state index in [2.05, 4.69) is 48.9 Å². The normalized spacial score (nSPS) is 14.7. The van der Waals surface area contributed by atoms with Crippen LogP contribution in [-0.2, 0) is 4.79 Å². The Morgan fingerprint density at radius 1 is 1.30 bits per heavy atom. The Balaban J connectivity index is 2.82. The topological polar surface area (TPSA) is 29.1 Å². The zero-order chi connectivity index (χ0) is 15.2. The molecule has 0 radical (unpaired) electrons. The van der Waals surface area contributed by atoms with Crippen molar-refractivity contribution < 1.29 is 4.79 Å². The summed E-state index contributed by atoms with van der Waals surface area (Å²) in [5.74, 6) is 0.413. The minimum atomic E-state index is -0.0627. The number of alkyl halides is 1. The molecule has 0 aliphatic heterocycles. The first-order valence-corrected chi connectivity index (χ1v) is 8.42. The highest BCUT2D eigenvalue weighted by Gasteiger charge is 2.27. The molecule has 1 amide bonds. The average Bonchev–Trinajstić information content (AvgIpc) is 2.46. The first-order chi connectivity index (χ1) is 9.41. The summed E-state index contributed by atoms with van der Waals surface area (Å²) >= 11 is 3.49. The fourth-order valence-electron chi connectivity index (χ4n) is 2.12. The summed E-state index contributed by atoms with van der Waals surface area (Å²) < 4.78 is 0. The van der Waals surface area contributed by atoms with Crippen molar-refractivity contribution >= 4 is 21.8 Å². The highest BCUT2D eigenvalue weighted by Crippen LogP contribution is 2.27. The minimum Gasteiger partial charge on any atom is -0.355 e. The SMILES string of the molecule is CCC(C)C(C(=O)NCC(C)(C)CBr)c1ccccc1. The maximum atomic E-state index is 12.6. The van der Waals surface area contributed by atoms with Crippen molar-refractivity contribution in [2.24, 2.45) is 11.3 Å². The van der Waals surface area contributed by atoms with Gasteiger partial charge >= 0.3 is 0 Å². The number of carbonyl (C=O) groups is 1. The lowest BCUT2D eigenvalue weighted by Gasteiger charge is -2.27. The van der Waals surface area contributed by atoms with Crippen LogP contribution in [0.15, 0.2) is 30.3 Å². The van der Waals surface area contributed by atoms with Gasteiger partial charge in [0.1, 0.15) is 0 Å². The van der Waals surface area contributed by atoms with Gasteiger partial charge in [0, 0.05) is 11.9 Å². The Morgan fingerprint density at radius 2 is 1.90 bits per heavy atom. The number of hydrogen-bond donors (Lipinski definition) is 1. The van der Waals surface area contributed by atoms with Gasteiger partial charge in [0.25, 0.3) is 0 Å². The van der Waals surface area contributed by atoms with Gasteiger partial charge in [-0.15, -0.1) is 0 Å². The second-order valence-electron chi connectivity index (χ2n) is 6.29. The van der Waals surface area contributed by atoms with E-state index < -0.39 is 0 Å². The van der Waals surface area contributed by atoms with Gasteiger partial charge in [-0.1, -0.05) is 80.4 Å². The number of halogens is 1. The smallest absolute Gasteiger partial charge is 0.227 e. The lowest BCUT2D eigenvalue weighted by Crippen LogP contribution is -2.39. The molecule has 2 unspecified atom stereocenters. The predicted molar refractivity (Wildman–Crippen MR) is 89.2 cm³/mol. The van der Waals surface area contributed by atoms with Crippen LogP contribution in [0.3, 0.4) is 0 Å². The number of nitrogens with one attached hydrogen (secondary N) is 1. The maximum absolute atomic E-state index is 12.6. The highest BCUT2D eigenvalue weighted by molar-refractivity contribution is 9.09. The second kappa shape index (κ2) is 7.82. The van der Waals surface area contributed by atoms with E-state index in [1.54, 1.807) is 0 Å². The van der Waals surface area contributed by atoms with E-state index in [1.807, 2.05) is 30.3 Å². The summed E-state index contributed by atoms with van der Waals surface area (Å²) in [7, 11) is 0. The number of benzene rings is 1. The Hall–Kier alpha value is -0.830. The molecule has 0 bridgehead atoms. The first-order valence-electron chi connectivity index (χ1n) is 7.30. The van der Waals surface area contributed by atoms with Crippen LogP contribution in [0.25, 0.3) is 0 Å². The van der Waals surface area contributed by atoms with Gasteiger partial charge in [-0.2, -0.15) is 0 Å². The predicted octanol–water partition coefficient (Wildman–Crippen LogP) is 4.35. The molecule has 0 aromatic heterocycles. The van der Waals surface area contributed by atoms with E-state index in [9.17, 15) is 4.79 Å². The minimum absolute atomic E-state index is 0.0627. The Bertz CT molecular complexity index is 416. The molecule has 2 nitrogen and oxygen atoms in total. The summed E-state index contributed by atoms with van der Waals surface area (Å²) in [5, 5.41) is 3.99. The third kappa shape index (κ3) is 4.93. The lowest BCUT2D eigenvalue weighted by atomic mass is 9.84. The average molecular weight is 340 g/mol. The van der Waals surface area contributed by atoms with Crippen LogP contribution in [-0.4, -0.2) is 17.8 Å². The van der Waals surface area contributed by atoms with E-state index in [-0.39, 0.29) is 17.2 Å². The second-order valence-corrected chi connectivity index (χ2v) is 6.85. The Kier molecular flexibility index (Phi) is 6.74. The summed E-state index contributed by atoms with van der Waals surface area (Å²) in [5.41, 5.74) is 1.18. The first kappa shape index (κ1) is 17.2. The van der Waals surface area contributed by atoms with Gasteiger partial charge in [-0.25, -0.2) is 0 Å². The van der Waals surface area contributed by atoms with E-state index in [1.165, 1.54) is 0 Å². The molecular formula is C17H26BrNO. The van der Waals surface area contributed by atoms with Crippen LogP contribution >= 0.6 is 15.9 Å². The molecule has 0 aliphatic rings. The summed E-state index contributed by atoms with van der Waals surface area (Å²) in [6.07, 6.45) is 0.995. The molecule has 1 aromatic rings. The molecule has 1 N–H and O–H groups in total. The number of rotatable bonds is 7. The van der Waals surface area contributed by atoms with Crippen molar-refractivity contribution in [3.8, 4) is 0 Å². The quantitative estimate of drug-likeness (QED) is 0.735. The van der Waals surface area contributed by atoms with Gasteiger partial charge in [0.15, 0.2) is 0 Å². The van der Waals surface area contributed by atoms with Gasteiger partial charge in [0.2, 0.25) is 5.91 Å². The van der Waals surface area contributed by atoms with Crippen molar-refractivity contribution in [1.82, 2.24) is 5.32 Å². The van der Waals surface area contributed by atoms with Crippen molar-refractivity contribution in [2.75, 3.05) is 11.9 Å². The van der Waals surface area contributed by atoms with Crippen LogP contribution in [0.5, 0.6) is 0 Å². The van der Waals surface area contributed by atoms with E-state index >= 15 is 0 Å². The summed E-state index contributed by atoms with van der Waals surface area (Å²) in [6, 6.07) is 10.1. The molecule has 0 fully saturated rings. The number of amides is 1. The largest absolute Gasteiger partial charge is 0.355 e. The molecule has 1 aromatic carbocycles. The zero-order valence-corrected chi connectivity index (χ0v) is 14.5. The molecule has 2 atom stereocenters.